The van der Waals surface area contributed by atoms with E-state index in [1.807, 2.05) is 7.05 Å². The van der Waals surface area contributed by atoms with Crippen molar-refractivity contribution in [2.45, 2.75) is 0 Å². The highest BCUT2D eigenvalue weighted by Gasteiger charge is 2.22. The van der Waals surface area contributed by atoms with Gasteiger partial charge in [-0.3, -0.25) is 9.59 Å². The lowest BCUT2D eigenvalue weighted by Gasteiger charge is -2.13. The average molecular weight is 217 g/mol. The van der Waals surface area contributed by atoms with E-state index in [9.17, 15) is 9.59 Å². The van der Waals surface area contributed by atoms with E-state index < -0.39 is 0 Å². The van der Waals surface area contributed by atoms with E-state index in [2.05, 4.69) is 10.6 Å². The third kappa shape index (κ3) is 3.55. The highest BCUT2D eigenvalue weighted by molar-refractivity contribution is 8.00. The van der Waals surface area contributed by atoms with Crippen LogP contribution in [0.4, 0.5) is 0 Å². The Morgan fingerprint density at radius 3 is 2.93 bits per heavy atom. The fourth-order valence-electron chi connectivity index (χ4n) is 1.10. The maximum atomic E-state index is 11.3. The van der Waals surface area contributed by atoms with Gasteiger partial charge >= 0.3 is 0 Å². The van der Waals surface area contributed by atoms with Crippen LogP contribution in [0.1, 0.15) is 0 Å². The summed E-state index contributed by atoms with van der Waals surface area (Å²) in [5.41, 5.74) is 0. The van der Waals surface area contributed by atoms with Crippen LogP contribution in [0.5, 0.6) is 0 Å². The van der Waals surface area contributed by atoms with Crippen molar-refractivity contribution in [1.82, 2.24) is 15.5 Å². The van der Waals surface area contributed by atoms with Crippen LogP contribution in [-0.4, -0.2) is 55.0 Å². The Labute approximate surface area is 87.6 Å². The van der Waals surface area contributed by atoms with Gasteiger partial charge in [-0.2, -0.15) is 0 Å². The molecule has 0 bridgehead atoms. The summed E-state index contributed by atoms with van der Waals surface area (Å²) in [6, 6.07) is 0. The molecular weight excluding hydrogens is 202 g/mol. The van der Waals surface area contributed by atoms with E-state index in [4.69, 9.17) is 0 Å². The number of thioether (sulfide) groups is 1. The van der Waals surface area contributed by atoms with Gasteiger partial charge in [0, 0.05) is 13.1 Å². The van der Waals surface area contributed by atoms with Crippen LogP contribution in [0.15, 0.2) is 0 Å². The molecule has 0 atom stereocenters. The third-order valence-electron chi connectivity index (χ3n) is 1.86. The van der Waals surface area contributed by atoms with Crippen molar-refractivity contribution in [1.29, 1.82) is 0 Å². The van der Waals surface area contributed by atoms with Gasteiger partial charge in [0.2, 0.25) is 11.8 Å². The molecule has 2 N–H and O–H groups in total. The molecule has 0 radical (unpaired) electrons. The van der Waals surface area contributed by atoms with Gasteiger partial charge in [0.1, 0.15) is 6.54 Å². The molecule has 0 unspecified atom stereocenters. The van der Waals surface area contributed by atoms with Crippen molar-refractivity contribution < 1.29 is 9.59 Å². The first-order chi connectivity index (χ1) is 6.74. The number of carbonyl (C=O) groups excluding carboxylic acids is 2. The molecule has 0 aromatic heterocycles. The van der Waals surface area contributed by atoms with E-state index >= 15 is 0 Å². The molecule has 5 nitrogen and oxygen atoms in total. The molecule has 1 aliphatic heterocycles. The fourth-order valence-corrected chi connectivity index (χ4v) is 2.00. The Morgan fingerprint density at radius 1 is 1.57 bits per heavy atom. The van der Waals surface area contributed by atoms with Crippen LogP contribution in [-0.2, 0) is 9.59 Å². The maximum absolute atomic E-state index is 11.3. The molecular formula is C8H15N3O2S. The van der Waals surface area contributed by atoms with Crippen LogP contribution in [0.2, 0.25) is 0 Å². The summed E-state index contributed by atoms with van der Waals surface area (Å²) in [6.07, 6.45) is 0. The second kappa shape index (κ2) is 5.87. The fraction of sp³-hybridized carbons (Fsp3) is 0.750. The Hall–Kier alpha value is -0.750. The molecule has 80 valence electrons. The summed E-state index contributed by atoms with van der Waals surface area (Å²) < 4.78 is 0. The molecule has 6 heteroatoms. The standard InChI is InChI=1S/C8H15N3O2S/c1-9-2-3-10-7(12)4-11-6-14-5-8(11)13/h9H,2-6H2,1H3,(H,10,12). The number of amides is 2. The monoisotopic (exact) mass is 217 g/mol. The summed E-state index contributed by atoms with van der Waals surface area (Å²) in [4.78, 5) is 24.0. The van der Waals surface area contributed by atoms with E-state index in [1.54, 1.807) is 16.7 Å². The van der Waals surface area contributed by atoms with E-state index in [0.717, 1.165) is 6.54 Å². The molecule has 1 saturated heterocycles. The number of likely N-dealkylation sites (N-methyl/N-ethyl adjacent to an activating group) is 1. The van der Waals surface area contributed by atoms with Crippen molar-refractivity contribution in [3.05, 3.63) is 0 Å². The van der Waals surface area contributed by atoms with Crippen molar-refractivity contribution in [2.24, 2.45) is 0 Å². The van der Waals surface area contributed by atoms with Gasteiger partial charge in [0.05, 0.1) is 11.6 Å². The number of carbonyl (C=O) groups is 2. The SMILES string of the molecule is CNCCNC(=O)CN1CSCC1=O. The lowest BCUT2D eigenvalue weighted by atomic mass is 10.4. The molecule has 14 heavy (non-hydrogen) atoms. The second-order valence-electron chi connectivity index (χ2n) is 3.02. The summed E-state index contributed by atoms with van der Waals surface area (Å²) in [5.74, 6) is 1.11. The molecule has 1 aliphatic rings. The zero-order valence-electron chi connectivity index (χ0n) is 8.21. The second-order valence-corrected chi connectivity index (χ2v) is 3.98. The van der Waals surface area contributed by atoms with E-state index in [1.165, 1.54) is 0 Å². The Morgan fingerprint density at radius 2 is 2.36 bits per heavy atom. The largest absolute Gasteiger partial charge is 0.353 e. The van der Waals surface area contributed by atoms with Crippen LogP contribution in [0.3, 0.4) is 0 Å². The zero-order chi connectivity index (χ0) is 10.4. The Balaban J connectivity index is 2.16. The van der Waals surface area contributed by atoms with Crippen molar-refractivity contribution in [3.8, 4) is 0 Å². The number of hydrogen-bond acceptors (Lipinski definition) is 4. The molecule has 0 spiro atoms. The summed E-state index contributed by atoms with van der Waals surface area (Å²) >= 11 is 1.54. The van der Waals surface area contributed by atoms with Gasteiger partial charge in [0.25, 0.3) is 0 Å². The predicted octanol–water partition coefficient (Wildman–Crippen LogP) is -1.15. The first-order valence-electron chi connectivity index (χ1n) is 4.51. The number of hydrogen-bond donors (Lipinski definition) is 2. The first kappa shape index (κ1) is 11.3. The van der Waals surface area contributed by atoms with Crippen LogP contribution in [0, 0.1) is 0 Å². The van der Waals surface area contributed by atoms with Gasteiger partial charge in [-0.1, -0.05) is 0 Å². The molecule has 1 fully saturated rings. The lowest BCUT2D eigenvalue weighted by molar-refractivity contribution is -0.132. The molecule has 0 saturated carbocycles. The molecule has 1 heterocycles. The highest BCUT2D eigenvalue weighted by atomic mass is 32.2. The third-order valence-corrected chi connectivity index (χ3v) is 2.80. The van der Waals surface area contributed by atoms with E-state index in [-0.39, 0.29) is 18.4 Å². The predicted molar refractivity (Wildman–Crippen MR) is 56.0 cm³/mol. The van der Waals surface area contributed by atoms with Gasteiger partial charge in [-0.05, 0) is 7.05 Å². The lowest BCUT2D eigenvalue weighted by Crippen LogP contribution is -2.40. The molecule has 2 amide bonds. The summed E-state index contributed by atoms with van der Waals surface area (Å²) in [6.45, 7) is 1.54. The normalized spacial score (nSPS) is 16.1. The number of nitrogens with zero attached hydrogens (tertiary/aromatic N) is 1. The van der Waals surface area contributed by atoms with E-state index in [0.29, 0.717) is 18.2 Å². The smallest absolute Gasteiger partial charge is 0.239 e. The maximum Gasteiger partial charge on any atom is 0.239 e. The molecule has 0 aliphatic carbocycles. The number of rotatable bonds is 5. The molecule has 0 aromatic carbocycles. The minimum absolute atomic E-state index is 0.0544. The molecule has 1 rings (SSSR count). The first-order valence-corrected chi connectivity index (χ1v) is 5.66. The summed E-state index contributed by atoms with van der Waals surface area (Å²) in [5, 5.41) is 5.65. The van der Waals surface area contributed by atoms with Crippen molar-refractivity contribution in [2.75, 3.05) is 38.3 Å². The van der Waals surface area contributed by atoms with Gasteiger partial charge in [-0.15, -0.1) is 11.8 Å². The minimum Gasteiger partial charge on any atom is -0.353 e. The zero-order valence-corrected chi connectivity index (χ0v) is 9.02. The topological polar surface area (TPSA) is 61.4 Å². The minimum atomic E-state index is -0.0869. The number of nitrogens with one attached hydrogen (secondary N) is 2. The van der Waals surface area contributed by atoms with Crippen LogP contribution >= 0.6 is 11.8 Å². The van der Waals surface area contributed by atoms with Crippen molar-refractivity contribution >= 4 is 23.6 Å². The van der Waals surface area contributed by atoms with Gasteiger partial charge in [-0.25, -0.2) is 0 Å². The van der Waals surface area contributed by atoms with Crippen LogP contribution < -0.4 is 10.6 Å². The molecule has 0 aromatic rings. The quantitative estimate of drug-likeness (QED) is 0.571. The van der Waals surface area contributed by atoms with Crippen molar-refractivity contribution in [3.63, 3.8) is 0 Å². The van der Waals surface area contributed by atoms with Crippen LogP contribution in [0.25, 0.3) is 0 Å². The van der Waals surface area contributed by atoms with Gasteiger partial charge < -0.3 is 15.5 Å². The Kier molecular flexibility index (Phi) is 4.75. The Bertz CT molecular complexity index is 223. The average Bonchev–Trinajstić information content (AvgIpc) is 2.52. The van der Waals surface area contributed by atoms with Gasteiger partial charge in [0.15, 0.2) is 0 Å². The summed E-state index contributed by atoms with van der Waals surface area (Å²) in [7, 11) is 1.83. The highest BCUT2D eigenvalue weighted by Crippen LogP contribution is 2.13.